The van der Waals surface area contributed by atoms with E-state index < -0.39 is 0 Å². The van der Waals surface area contributed by atoms with E-state index in [1.165, 1.54) is 6.33 Å². The molecule has 0 spiro atoms. The third-order valence-corrected chi connectivity index (χ3v) is 4.05. The van der Waals surface area contributed by atoms with Crippen LogP contribution in [0.15, 0.2) is 11.3 Å². The van der Waals surface area contributed by atoms with Crippen LogP contribution in [0.5, 0.6) is 5.88 Å². The van der Waals surface area contributed by atoms with Crippen molar-refractivity contribution in [2.45, 2.75) is 32.1 Å². The van der Waals surface area contributed by atoms with Gasteiger partial charge in [0.2, 0.25) is 5.88 Å². The number of hydrogen-bond donors (Lipinski definition) is 0. The molecule has 4 rings (SSSR count). The number of hydrogen-bond acceptors (Lipinski definition) is 6. The predicted molar refractivity (Wildman–Crippen MR) is 81.2 cm³/mol. The van der Waals surface area contributed by atoms with Crippen molar-refractivity contribution in [3.63, 3.8) is 0 Å². The number of amides is 1. The minimum atomic E-state index is -0.194. The smallest absolute Gasteiger partial charge is 0.251 e. The van der Waals surface area contributed by atoms with Crippen molar-refractivity contribution in [1.29, 1.82) is 0 Å². The highest BCUT2D eigenvalue weighted by molar-refractivity contribution is 5.83. The van der Waals surface area contributed by atoms with Crippen molar-refractivity contribution in [2.75, 3.05) is 7.11 Å². The number of ether oxygens (including phenoxy) is 1. The molecule has 0 bridgehead atoms. The molecular formula is C16H15N5O2. The molecule has 7 heteroatoms. The minimum absolute atomic E-state index is 0.194. The zero-order valence-electron chi connectivity index (χ0n) is 12.9. The average molecular weight is 309 g/mol. The second kappa shape index (κ2) is 5.19. The van der Waals surface area contributed by atoms with Gasteiger partial charge >= 0.3 is 0 Å². The molecule has 0 atom stereocenters. The van der Waals surface area contributed by atoms with Crippen LogP contribution in [0.1, 0.15) is 36.6 Å². The van der Waals surface area contributed by atoms with Gasteiger partial charge in [-0.15, -0.1) is 0 Å². The molecule has 2 aliphatic rings. The van der Waals surface area contributed by atoms with Crippen LogP contribution in [0.4, 0.5) is 0 Å². The lowest BCUT2D eigenvalue weighted by atomic mass is 10.1. The van der Waals surface area contributed by atoms with E-state index in [0.717, 1.165) is 29.4 Å². The Labute approximate surface area is 132 Å². The highest BCUT2D eigenvalue weighted by atomic mass is 16.5. The summed E-state index contributed by atoms with van der Waals surface area (Å²) < 4.78 is 5.39. The Morgan fingerprint density at radius 1 is 1.22 bits per heavy atom. The number of nitrogens with zero attached hydrogens (tertiary/aromatic N) is 5. The number of aryl methyl sites for hydroxylation is 1. The number of carbonyl (C=O) groups excluding carboxylic acids is 1. The lowest BCUT2D eigenvalue weighted by Gasteiger charge is -2.11. The summed E-state index contributed by atoms with van der Waals surface area (Å²) in [7, 11) is 1.56. The summed E-state index contributed by atoms with van der Waals surface area (Å²) in [6, 6.07) is 0. The Bertz CT molecular complexity index is 934. The second-order valence-corrected chi connectivity index (χ2v) is 5.70. The van der Waals surface area contributed by atoms with Crippen molar-refractivity contribution in [1.82, 2.24) is 19.9 Å². The lowest BCUT2D eigenvalue weighted by molar-refractivity contribution is -0.117. The van der Waals surface area contributed by atoms with Gasteiger partial charge in [-0.25, -0.2) is 19.9 Å². The number of fused-ring (bicyclic) bond motifs is 1. The van der Waals surface area contributed by atoms with Gasteiger partial charge in [-0.05, 0) is 19.8 Å². The summed E-state index contributed by atoms with van der Waals surface area (Å²) in [5.74, 6) is 1.12. The van der Waals surface area contributed by atoms with Crippen molar-refractivity contribution in [2.24, 2.45) is 4.99 Å². The minimum Gasteiger partial charge on any atom is -0.480 e. The van der Waals surface area contributed by atoms with Crippen LogP contribution in [0.2, 0.25) is 0 Å². The summed E-state index contributed by atoms with van der Waals surface area (Å²) >= 11 is 0. The summed E-state index contributed by atoms with van der Waals surface area (Å²) in [6.45, 7) is 1.89. The molecular weight excluding hydrogens is 294 g/mol. The first-order valence-electron chi connectivity index (χ1n) is 7.53. The van der Waals surface area contributed by atoms with Crippen LogP contribution in [0.3, 0.4) is 0 Å². The number of aromatic nitrogens is 4. The summed E-state index contributed by atoms with van der Waals surface area (Å²) in [4.78, 5) is 33.3. The van der Waals surface area contributed by atoms with Crippen LogP contribution in [0.25, 0.3) is 17.5 Å². The van der Waals surface area contributed by atoms with Crippen molar-refractivity contribution in [3.8, 4) is 17.3 Å². The Morgan fingerprint density at radius 2 is 2.04 bits per heavy atom. The van der Waals surface area contributed by atoms with Gasteiger partial charge in [0.25, 0.3) is 5.91 Å². The van der Waals surface area contributed by atoms with Crippen LogP contribution in [-0.4, -0.2) is 33.0 Å². The molecule has 1 aliphatic carbocycles. The third kappa shape index (κ3) is 2.38. The van der Waals surface area contributed by atoms with Gasteiger partial charge in [0, 0.05) is 17.6 Å². The van der Waals surface area contributed by atoms with E-state index in [0.29, 0.717) is 35.1 Å². The van der Waals surface area contributed by atoms with Crippen LogP contribution in [0, 0.1) is 6.92 Å². The van der Waals surface area contributed by atoms with E-state index in [9.17, 15) is 4.79 Å². The van der Waals surface area contributed by atoms with Gasteiger partial charge < -0.3 is 4.74 Å². The highest BCUT2D eigenvalue weighted by Crippen LogP contribution is 2.44. The van der Waals surface area contributed by atoms with Gasteiger partial charge in [-0.2, -0.15) is 4.99 Å². The van der Waals surface area contributed by atoms with Crippen molar-refractivity contribution in [3.05, 3.63) is 28.4 Å². The predicted octanol–water partition coefficient (Wildman–Crippen LogP) is 0.458. The Kier molecular flexibility index (Phi) is 3.14. The molecule has 1 saturated carbocycles. The van der Waals surface area contributed by atoms with Gasteiger partial charge in [-0.3, -0.25) is 4.79 Å². The van der Waals surface area contributed by atoms with Crippen LogP contribution in [-0.2, 0) is 4.79 Å². The Balaban J connectivity index is 2.00. The summed E-state index contributed by atoms with van der Waals surface area (Å²) in [5.41, 5.74) is 2.81. The van der Waals surface area contributed by atoms with E-state index in [1.54, 1.807) is 7.11 Å². The molecule has 116 valence electrons. The molecule has 1 amide bonds. The van der Waals surface area contributed by atoms with Crippen molar-refractivity contribution < 1.29 is 9.53 Å². The first-order chi connectivity index (χ1) is 11.2. The summed E-state index contributed by atoms with van der Waals surface area (Å²) in [6.07, 6.45) is 5.80. The number of carbonyl (C=O) groups is 1. The van der Waals surface area contributed by atoms with E-state index in [4.69, 9.17) is 4.74 Å². The van der Waals surface area contributed by atoms with Gasteiger partial charge in [-0.1, -0.05) is 6.08 Å². The number of methoxy groups -OCH3 is 1. The van der Waals surface area contributed by atoms with Gasteiger partial charge in [0.15, 0.2) is 11.3 Å². The molecule has 3 heterocycles. The SMILES string of the molecule is COc1ncnc(C2CC2)c1-c1nc(C)c2c(n1)=NC(=O)CC=2. The van der Waals surface area contributed by atoms with Crippen LogP contribution < -0.4 is 15.4 Å². The molecule has 1 aliphatic heterocycles. The quantitative estimate of drug-likeness (QED) is 0.818. The molecule has 0 saturated heterocycles. The molecule has 0 aromatic carbocycles. The summed E-state index contributed by atoms with van der Waals surface area (Å²) in [5, 5.41) is 0.817. The van der Waals surface area contributed by atoms with E-state index in [1.807, 2.05) is 13.0 Å². The second-order valence-electron chi connectivity index (χ2n) is 5.70. The molecule has 2 aromatic heterocycles. The monoisotopic (exact) mass is 309 g/mol. The maximum Gasteiger partial charge on any atom is 0.251 e. The van der Waals surface area contributed by atoms with Crippen molar-refractivity contribution >= 4 is 12.0 Å². The Hall–Kier alpha value is -2.70. The fourth-order valence-corrected chi connectivity index (χ4v) is 2.77. The largest absolute Gasteiger partial charge is 0.480 e. The average Bonchev–Trinajstić information content (AvgIpc) is 3.38. The highest BCUT2D eigenvalue weighted by Gasteiger charge is 2.31. The number of rotatable bonds is 3. The normalized spacial score (nSPS) is 16.3. The molecule has 0 unspecified atom stereocenters. The fraction of sp³-hybridized carbons (Fsp3) is 0.375. The standard InChI is InChI=1S/C16H15N5O2/c1-8-10-5-6-11(22)20-14(10)21-15(19-8)12-13(9-3-4-9)17-7-18-16(12)23-2/h5,7,9H,3-4,6H2,1-2H3. The molecule has 0 N–H and O–H groups in total. The van der Waals surface area contributed by atoms with Gasteiger partial charge in [0.1, 0.15) is 11.9 Å². The third-order valence-electron chi connectivity index (χ3n) is 4.05. The zero-order valence-corrected chi connectivity index (χ0v) is 12.9. The first-order valence-corrected chi connectivity index (χ1v) is 7.53. The Morgan fingerprint density at radius 3 is 2.78 bits per heavy atom. The molecule has 0 radical (unpaired) electrons. The zero-order chi connectivity index (χ0) is 16.0. The molecule has 2 aromatic rings. The molecule has 23 heavy (non-hydrogen) atoms. The molecule has 7 nitrogen and oxygen atoms in total. The lowest BCUT2D eigenvalue weighted by Crippen LogP contribution is -2.36. The van der Waals surface area contributed by atoms with E-state index in [-0.39, 0.29) is 5.91 Å². The fourth-order valence-electron chi connectivity index (χ4n) is 2.77. The van der Waals surface area contributed by atoms with E-state index >= 15 is 0 Å². The first kappa shape index (κ1) is 13.9. The maximum atomic E-state index is 11.6. The van der Waals surface area contributed by atoms with Gasteiger partial charge in [0.05, 0.1) is 18.5 Å². The van der Waals surface area contributed by atoms with Crippen LogP contribution >= 0.6 is 0 Å². The van der Waals surface area contributed by atoms with E-state index in [2.05, 4.69) is 24.9 Å². The molecule has 1 fully saturated rings. The topological polar surface area (TPSA) is 90.2 Å². The maximum absolute atomic E-state index is 11.6.